The number of benzene rings is 2. The molecule has 144 valence electrons. The van der Waals surface area contributed by atoms with Gasteiger partial charge >= 0.3 is 0 Å². The lowest BCUT2D eigenvalue weighted by atomic mass is 9.99. The standard InChI is InChI=1S/C22H20Cl2N2OS/c23-16-10-11-17(18(24)14-16)19-21(28)26(20(27)15-8-4-3-5-9-15)22(25-19)12-6-1-2-7-13-22/h3-5,8-11,14H,1-2,6-7,12-13H2. The number of rotatable bonds is 2. The smallest absolute Gasteiger partial charge is 0.260 e. The van der Waals surface area contributed by atoms with Crippen molar-refractivity contribution in [2.45, 2.75) is 44.2 Å². The van der Waals surface area contributed by atoms with E-state index in [-0.39, 0.29) is 5.91 Å². The van der Waals surface area contributed by atoms with Gasteiger partial charge in [0.2, 0.25) is 0 Å². The summed E-state index contributed by atoms with van der Waals surface area (Å²) in [6.45, 7) is 0. The van der Waals surface area contributed by atoms with Crippen LogP contribution in [0, 0.1) is 0 Å². The second-order valence-electron chi connectivity index (χ2n) is 7.29. The number of aliphatic imine (C=N–C) groups is 1. The zero-order valence-electron chi connectivity index (χ0n) is 15.3. The van der Waals surface area contributed by atoms with Gasteiger partial charge in [0.05, 0.1) is 5.02 Å². The van der Waals surface area contributed by atoms with Gasteiger partial charge in [0, 0.05) is 16.1 Å². The normalized spacial score (nSPS) is 18.9. The van der Waals surface area contributed by atoms with Crippen LogP contribution in [0.1, 0.15) is 54.4 Å². The minimum atomic E-state index is -0.626. The van der Waals surface area contributed by atoms with Crippen LogP contribution in [0.15, 0.2) is 53.5 Å². The van der Waals surface area contributed by atoms with Gasteiger partial charge in [0.25, 0.3) is 5.91 Å². The third-order valence-electron chi connectivity index (χ3n) is 5.46. The number of hydrogen-bond acceptors (Lipinski definition) is 3. The molecule has 4 rings (SSSR count). The summed E-state index contributed by atoms with van der Waals surface area (Å²) in [5, 5.41) is 1.05. The van der Waals surface area contributed by atoms with E-state index in [9.17, 15) is 4.79 Å². The van der Waals surface area contributed by atoms with Gasteiger partial charge in [0.1, 0.15) is 16.4 Å². The van der Waals surface area contributed by atoms with Gasteiger partial charge in [-0.3, -0.25) is 14.7 Å². The number of amides is 1. The van der Waals surface area contributed by atoms with Crippen molar-refractivity contribution in [1.82, 2.24) is 4.90 Å². The molecule has 0 saturated heterocycles. The highest BCUT2D eigenvalue weighted by atomic mass is 35.5. The minimum Gasteiger partial charge on any atom is -0.271 e. The first-order chi connectivity index (χ1) is 13.5. The lowest BCUT2D eigenvalue weighted by Gasteiger charge is -2.35. The molecule has 0 unspecified atom stereocenters. The topological polar surface area (TPSA) is 32.7 Å². The first-order valence-electron chi connectivity index (χ1n) is 9.51. The van der Waals surface area contributed by atoms with E-state index in [0.717, 1.165) is 44.1 Å². The van der Waals surface area contributed by atoms with Crippen LogP contribution >= 0.6 is 35.4 Å². The van der Waals surface area contributed by atoms with Crippen molar-refractivity contribution in [3.05, 3.63) is 69.7 Å². The molecule has 1 fully saturated rings. The first kappa shape index (κ1) is 19.6. The fraction of sp³-hybridized carbons (Fsp3) is 0.318. The Morgan fingerprint density at radius 1 is 1.00 bits per heavy atom. The highest BCUT2D eigenvalue weighted by molar-refractivity contribution is 7.82. The lowest BCUT2D eigenvalue weighted by Crippen LogP contribution is -2.49. The molecular formula is C22H20Cl2N2OS. The maximum atomic E-state index is 13.5. The number of carbonyl (C=O) groups is 1. The second-order valence-corrected chi connectivity index (χ2v) is 8.52. The molecule has 1 spiro atoms. The maximum absolute atomic E-state index is 13.5. The fourth-order valence-corrected chi connectivity index (χ4v) is 4.99. The Morgan fingerprint density at radius 3 is 2.32 bits per heavy atom. The molecule has 0 radical (unpaired) electrons. The van der Waals surface area contributed by atoms with Crippen molar-refractivity contribution in [2.75, 3.05) is 0 Å². The molecule has 0 bridgehead atoms. The van der Waals surface area contributed by atoms with E-state index in [0.29, 0.717) is 26.3 Å². The van der Waals surface area contributed by atoms with Gasteiger partial charge in [-0.05, 0) is 56.0 Å². The van der Waals surface area contributed by atoms with E-state index in [1.165, 1.54) is 0 Å². The Balaban J connectivity index is 1.81. The molecule has 28 heavy (non-hydrogen) atoms. The van der Waals surface area contributed by atoms with Crippen molar-refractivity contribution < 1.29 is 4.79 Å². The average molecular weight is 431 g/mol. The Kier molecular flexibility index (Phi) is 5.55. The summed E-state index contributed by atoms with van der Waals surface area (Å²) >= 11 is 18.3. The third-order valence-corrected chi connectivity index (χ3v) is 6.38. The van der Waals surface area contributed by atoms with Crippen molar-refractivity contribution in [3.8, 4) is 0 Å². The molecule has 6 heteroatoms. The van der Waals surface area contributed by atoms with Crippen LogP contribution in [0.2, 0.25) is 10.0 Å². The van der Waals surface area contributed by atoms with E-state index in [2.05, 4.69) is 0 Å². The summed E-state index contributed by atoms with van der Waals surface area (Å²) in [5.74, 6) is -0.101. The molecular weight excluding hydrogens is 411 g/mol. The quantitative estimate of drug-likeness (QED) is 0.522. The number of nitrogens with zero attached hydrogens (tertiary/aromatic N) is 2. The number of halogens is 2. The lowest BCUT2D eigenvalue weighted by molar-refractivity contribution is 0.0692. The van der Waals surface area contributed by atoms with Crippen LogP contribution < -0.4 is 0 Å². The van der Waals surface area contributed by atoms with E-state index >= 15 is 0 Å². The summed E-state index contributed by atoms with van der Waals surface area (Å²) in [7, 11) is 0. The van der Waals surface area contributed by atoms with Crippen molar-refractivity contribution >= 4 is 52.0 Å². The monoisotopic (exact) mass is 430 g/mol. The van der Waals surface area contributed by atoms with E-state index in [1.807, 2.05) is 36.4 Å². The van der Waals surface area contributed by atoms with Gasteiger partial charge < -0.3 is 0 Å². The number of hydrogen-bond donors (Lipinski definition) is 0. The zero-order valence-corrected chi connectivity index (χ0v) is 17.7. The van der Waals surface area contributed by atoms with E-state index in [4.69, 9.17) is 40.4 Å². The SMILES string of the molecule is O=C(c1ccccc1)N1C(=S)C(c2ccc(Cl)cc2Cl)=NC12CCCCCC2. The third kappa shape index (κ3) is 3.49. The van der Waals surface area contributed by atoms with Gasteiger partial charge in [-0.1, -0.05) is 66.5 Å². The molecule has 1 heterocycles. The highest BCUT2D eigenvalue weighted by Gasteiger charge is 2.48. The van der Waals surface area contributed by atoms with E-state index in [1.54, 1.807) is 17.0 Å². The molecule has 2 aromatic carbocycles. The summed E-state index contributed by atoms with van der Waals surface area (Å²) in [6, 6.07) is 14.6. The van der Waals surface area contributed by atoms with Crippen molar-refractivity contribution in [1.29, 1.82) is 0 Å². The van der Waals surface area contributed by atoms with Crippen LogP contribution in [0.3, 0.4) is 0 Å². The largest absolute Gasteiger partial charge is 0.271 e. The number of carbonyl (C=O) groups excluding carboxylic acids is 1. The summed E-state index contributed by atoms with van der Waals surface area (Å²) < 4.78 is 0. The Bertz CT molecular complexity index is 950. The van der Waals surface area contributed by atoms with Crippen LogP contribution in [0.4, 0.5) is 0 Å². The molecule has 1 amide bonds. The van der Waals surface area contributed by atoms with Crippen LogP contribution in [-0.4, -0.2) is 27.2 Å². The van der Waals surface area contributed by atoms with Gasteiger partial charge in [-0.25, -0.2) is 0 Å². The predicted octanol–water partition coefficient (Wildman–Crippen LogP) is 6.32. The van der Waals surface area contributed by atoms with Crippen LogP contribution in [0.5, 0.6) is 0 Å². The van der Waals surface area contributed by atoms with E-state index < -0.39 is 5.66 Å². The molecule has 2 aliphatic rings. The maximum Gasteiger partial charge on any atom is 0.260 e. The molecule has 2 aromatic rings. The Labute approximate surface area is 180 Å². The molecule has 0 aromatic heterocycles. The van der Waals surface area contributed by atoms with Crippen LogP contribution in [-0.2, 0) is 0 Å². The average Bonchev–Trinajstić information content (AvgIpc) is 2.83. The van der Waals surface area contributed by atoms with Gasteiger partial charge in [-0.15, -0.1) is 0 Å². The molecule has 3 nitrogen and oxygen atoms in total. The summed E-state index contributed by atoms with van der Waals surface area (Å²) in [5.41, 5.74) is 1.33. The second kappa shape index (κ2) is 7.94. The minimum absolute atomic E-state index is 0.101. The molecule has 0 N–H and O–H groups in total. The molecule has 1 aliphatic heterocycles. The first-order valence-corrected chi connectivity index (χ1v) is 10.7. The fourth-order valence-electron chi connectivity index (χ4n) is 4.08. The van der Waals surface area contributed by atoms with Crippen molar-refractivity contribution in [2.24, 2.45) is 4.99 Å². The van der Waals surface area contributed by atoms with Gasteiger partial charge in [-0.2, -0.15) is 0 Å². The highest BCUT2D eigenvalue weighted by Crippen LogP contribution is 2.41. The summed E-state index contributed by atoms with van der Waals surface area (Å²) in [4.78, 5) is 20.7. The van der Waals surface area contributed by atoms with Crippen LogP contribution in [0.25, 0.3) is 0 Å². The van der Waals surface area contributed by atoms with Gasteiger partial charge in [0.15, 0.2) is 0 Å². The Hall–Kier alpha value is -1.75. The Morgan fingerprint density at radius 2 is 1.68 bits per heavy atom. The summed E-state index contributed by atoms with van der Waals surface area (Å²) in [6.07, 6.45) is 5.95. The zero-order chi connectivity index (χ0) is 19.7. The predicted molar refractivity (Wildman–Crippen MR) is 119 cm³/mol. The number of thiocarbonyl (C=S) groups is 1. The molecule has 1 saturated carbocycles. The molecule has 0 atom stereocenters. The van der Waals surface area contributed by atoms with Crippen molar-refractivity contribution in [3.63, 3.8) is 0 Å². The molecule has 1 aliphatic carbocycles.